The molecule has 0 saturated carbocycles. The summed E-state index contributed by atoms with van der Waals surface area (Å²) in [6, 6.07) is 0. The van der Waals surface area contributed by atoms with Crippen LogP contribution >= 0.6 is 0 Å². The number of nitrogens with zero attached hydrogens (tertiary/aromatic N) is 3. The Balaban J connectivity index is -0.00000000346. The molecule has 102 valence electrons. The second-order valence-corrected chi connectivity index (χ2v) is 0.224. The fourth-order valence-electron chi connectivity index (χ4n) is 0. The third kappa shape index (κ3) is 2720. The standard InChI is InChI=1S/La.3HNO2.6H2O/c;3*2-1-3;;;;;;/h;3*(H,2,3);6*1H2/q+3;;;;;;;;;/p-3. The van der Waals surface area contributed by atoms with Gasteiger partial charge in [0.15, 0.2) is 0 Å². The van der Waals surface area contributed by atoms with Crippen molar-refractivity contribution >= 4 is 0 Å². The summed E-state index contributed by atoms with van der Waals surface area (Å²) < 4.78 is 0. The molecular weight excluding hydrogens is 373 g/mol. The molecule has 0 aliphatic carbocycles. The van der Waals surface area contributed by atoms with Crippen molar-refractivity contribution in [3.8, 4) is 0 Å². The molecule has 0 atom stereocenters. The van der Waals surface area contributed by atoms with E-state index in [2.05, 4.69) is 0 Å². The van der Waals surface area contributed by atoms with Crippen LogP contribution in [0.2, 0.25) is 0 Å². The zero-order chi connectivity index (χ0) is 8.12. The summed E-state index contributed by atoms with van der Waals surface area (Å²) in [5, 5.41) is 27.0. The van der Waals surface area contributed by atoms with E-state index in [-0.39, 0.29) is 68.5 Å². The first-order valence-electron chi connectivity index (χ1n) is 1.10. The van der Waals surface area contributed by atoms with Gasteiger partial charge in [0.2, 0.25) is 0 Å². The first-order chi connectivity index (χ1) is 4.24. The minimum absolute atomic E-state index is 0. The van der Waals surface area contributed by atoms with Crippen molar-refractivity contribution in [3.05, 3.63) is 30.3 Å². The second-order valence-electron chi connectivity index (χ2n) is 0.224. The molecule has 0 aromatic carbocycles. The predicted octanol–water partition coefficient (Wildman–Crippen LogP) is -4.20. The van der Waals surface area contributed by atoms with Crippen LogP contribution < -0.4 is 0 Å². The number of hydrogen-bond acceptors (Lipinski definition) is 9. The third-order valence-electron chi connectivity index (χ3n) is 0. The van der Waals surface area contributed by atoms with Crippen LogP contribution in [-0.2, 0) is 0 Å². The summed E-state index contributed by atoms with van der Waals surface area (Å²) in [6.45, 7) is 0. The van der Waals surface area contributed by atoms with Gasteiger partial charge in [-0.05, 0) is 0 Å². The molecule has 12 N–H and O–H groups in total. The molecule has 0 heterocycles. The monoisotopic (exact) mass is 385 g/mol. The summed E-state index contributed by atoms with van der Waals surface area (Å²) in [5.74, 6) is 0. The maximum atomic E-state index is 8.00. The molecule has 0 bridgehead atoms. The van der Waals surface area contributed by atoms with Gasteiger partial charge in [0, 0.05) is 0 Å². The van der Waals surface area contributed by atoms with Crippen molar-refractivity contribution in [1.29, 1.82) is 0 Å². The van der Waals surface area contributed by atoms with Crippen LogP contribution in [0.4, 0.5) is 0 Å². The van der Waals surface area contributed by atoms with E-state index in [1.165, 1.54) is 0 Å². The smallest absolute Gasteiger partial charge is 0.444 e. The third-order valence-corrected chi connectivity index (χ3v) is 0. The molecular formula is H12LaN3O12. The summed E-state index contributed by atoms with van der Waals surface area (Å²) in [7, 11) is 0. The van der Waals surface area contributed by atoms with Crippen molar-refractivity contribution in [1.82, 2.24) is 0 Å². The van der Waals surface area contributed by atoms with Crippen molar-refractivity contribution in [2.45, 2.75) is 0 Å². The Labute approximate surface area is 115 Å². The van der Waals surface area contributed by atoms with Crippen molar-refractivity contribution in [3.63, 3.8) is 0 Å². The van der Waals surface area contributed by atoms with Gasteiger partial charge in [-0.2, -0.15) is 0 Å². The normalized spacial score (nSPS) is 2.25. The van der Waals surface area contributed by atoms with Crippen LogP contribution in [0.3, 0.4) is 0 Å². The average molecular weight is 385 g/mol. The van der Waals surface area contributed by atoms with Crippen molar-refractivity contribution < 1.29 is 68.5 Å². The molecule has 0 fully saturated rings. The molecule has 0 rings (SSSR count). The largest absolute Gasteiger partial charge is 3.00 e. The van der Waals surface area contributed by atoms with Crippen LogP contribution in [-0.4, -0.2) is 32.9 Å². The number of hydrogen-bond donors (Lipinski definition) is 0. The Morgan fingerprint density at radius 1 is 0.500 bits per heavy atom. The van der Waals surface area contributed by atoms with Crippen LogP contribution in [0.25, 0.3) is 0 Å². The average Bonchev–Trinajstić information content (AvgIpc) is 1.70. The second kappa shape index (κ2) is 528. The van der Waals surface area contributed by atoms with E-state index in [9.17, 15) is 0 Å². The fraction of sp³-hybridized carbons (Fsp3) is 0. The van der Waals surface area contributed by atoms with E-state index < -0.39 is 0 Å². The van der Waals surface area contributed by atoms with Crippen LogP contribution in [0.5, 0.6) is 0 Å². The van der Waals surface area contributed by atoms with E-state index in [1.807, 2.05) is 0 Å². The topological polar surface area (TPSA) is 346 Å². The van der Waals surface area contributed by atoms with E-state index in [4.69, 9.17) is 30.3 Å². The maximum Gasteiger partial charge on any atom is 3.00 e. The van der Waals surface area contributed by atoms with Crippen LogP contribution in [0, 0.1) is 65.9 Å². The zero-order valence-electron chi connectivity index (χ0n) is 7.37. The van der Waals surface area contributed by atoms with Gasteiger partial charge >= 0.3 is 35.6 Å². The molecule has 0 aliphatic rings. The van der Waals surface area contributed by atoms with Gasteiger partial charge in [-0.15, -0.1) is 16.0 Å². The molecule has 15 nitrogen and oxygen atoms in total. The van der Waals surface area contributed by atoms with Gasteiger partial charge in [0.05, 0.1) is 0 Å². The van der Waals surface area contributed by atoms with Crippen molar-refractivity contribution in [2.75, 3.05) is 0 Å². The van der Waals surface area contributed by atoms with Gasteiger partial charge in [-0.3, -0.25) is 0 Å². The quantitative estimate of drug-likeness (QED) is 0.293. The van der Waals surface area contributed by atoms with Gasteiger partial charge in [-0.25, -0.2) is 0 Å². The zero-order valence-corrected chi connectivity index (χ0v) is 11.0. The van der Waals surface area contributed by atoms with Gasteiger partial charge in [0.25, 0.3) is 0 Å². The fourth-order valence-corrected chi connectivity index (χ4v) is 0. The van der Waals surface area contributed by atoms with Crippen LogP contribution in [0.15, 0.2) is 16.0 Å². The Morgan fingerprint density at radius 3 is 0.500 bits per heavy atom. The molecule has 16 heteroatoms. The Hall–Kier alpha value is -0.845. The first kappa shape index (κ1) is 114. The Morgan fingerprint density at radius 2 is 0.500 bits per heavy atom. The SMILES string of the molecule is O.O.O.O.O.O.O=N[O-].O=N[O-].O=N[O-].[La+3]. The molecule has 0 amide bonds. The molecule has 16 heavy (non-hydrogen) atoms. The van der Waals surface area contributed by atoms with E-state index in [0.717, 1.165) is 16.0 Å². The molecule has 0 aliphatic heterocycles. The molecule has 0 saturated heterocycles. The summed E-state index contributed by atoms with van der Waals surface area (Å²) in [6.07, 6.45) is 0. The van der Waals surface area contributed by atoms with Crippen LogP contribution in [0.1, 0.15) is 0 Å². The summed E-state index contributed by atoms with van der Waals surface area (Å²) in [4.78, 5) is 24.0. The maximum absolute atomic E-state index is 8.00. The van der Waals surface area contributed by atoms with Gasteiger partial charge in [-0.1, -0.05) is 0 Å². The molecule has 0 unspecified atom stereocenters. The summed E-state index contributed by atoms with van der Waals surface area (Å²) in [5.41, 5.74) is 0. The molecule has 0 radical (unpaired) electrons. The minimum atomic E-state index is 0. The number of rotatable bonds is 0. The van der Waals surface area contributed by atoms with E-state index in [1.54, 1.807) is 0 Å². The van der Waals surface area contributed by atoms with Gasteiger partial charge < -0.3 is 63.2 Å². The predicted molar refractivity (Wildman–Crippen MR) is 49.2 cm³/mol. The van der Waals surface area contributed by atoms with Gasteiger partial charge in [0.1, 0.15) is 0 Å². The molecule has 0 aromatic heterocycles. The summed E-state index contributed by atoms with van der Waals surface area (Å²) >= 11 is 0. The Bertz CT molecular complexity index is 53.0. The minimum Gasteiger partial charge on any atom is -0.444 e. The Kier molecular flexibility index (Phi) is 3770. The van der Waals surface area contributed by atoms with E-state index >= 15 is 0 Å². The molecule has 0 aromatic rings. The van der Waals surface area contributed by atoms with E-state index in [0.29, 0.717) is 0 Å². The van der Waals surface area contributed by atoms with Crippen molar-refractivity contribution in [2.24, 2.45) is 16.0 Å². The first-order valence-corrected chi connectivity index (χ1v) is 1.10. The molecule has 0 spiro atoms.